The first-order valence-electron chi connectivity index (χ1n) is 6.74. The van der Waals surface area contributed by atoms with Crippen LogP contribution < -0.4 is 10.2 Å². The highest BCUT2D eigenvalue weighted by molar-refractivity contribution is 5.54. The molecule has 0 saturated carbocycles. The van der Waals surface area contributed by atoms with E-state index in [4.69, 9.17) is 4.74 Å². The topological polar surface area (TPSA) is 24.5 Å². The summed E-state index contributed by atoms with van der Waals surface area (Å²) in [6.45, 7) is 7.18. The number of hydrogen-bond donors (Lipinski definition) is 1. The van der Waals surface area contributed by atoms with Crippen molar-refractivity contribution >= 4 is 5.69 Å². The first-order chi connectivity index (χ1) is 9.06. The fourth-order valence-electron chi connectivity index (χ4n) is 2.17. The minimum absolute atomic E-state index is 0.158. The molecule has 0 aliphatic heterocycles. The van der Waals surface area contributed by atoms with Crippen LogP contribution in [0.5, 0.6) is 0 Å². The molecule has 4 heteroatoms. The Morgan fingerprint density at radius 3 is 2.74 bits per heavy atom. The summed E-state index contributed by atoms with van der Waals surface area (Å²) in [5.41, 5.74) is 1.68. The minimum atomic E-state index is -0.158. The summed E-state index contributed by atoms with van der Waals surface area (Å²) >= 11 is 0. The van der Waals surface area contributed by atoms with Crippen LogP contribution in [0.1, 0.15) is 19.4 Å². The zero-order valence-corrected chi connectivity index (χ0v) is 12.4. The van der Waals surface area contributed by atoms with Gasteiger partial charge in [0.2, 0.25) is 0 Å². The Hall–Kier alpha value is -1.13. The zero-order valence-electron chi connectivity index (χ0n) is 12.4. The van der Waals surface area contributed by atoms with Gasteiger partial charge < -0.3 is 15.0 Å². The van der Waals surface area contributed by atoms with Crippen LogP contribution in [0.3, 0.4) is 0 Å². The minimum Gasteiger partial charge on any atom is -0.383 e. The third kappa shape index (κ3) is 5.17. The first-order valence-corrected chi connectivity index (χ1v) is 6.74. The maximum atomic E-state index is 14.0. The summed E-state index contributed by atoms with van der Waals surface area (Å²) in [7, 11) is 3.61. The van der Waals surface area contributed by atoms with Crippen LogP contribution in [0, 0.1) is 11.7 Å². The van der Waals surface area contributed by atoms with E-state index in [0.717, 1.165) is 18.7 Å². The van der Waals surface area contributed by atoms with Gasteiger partial charge in [0.05, 0.1) is 12.3 Å². The Balaban J connectivity index is 2.76. The monoisotopic (exact) mass is 268 g/mol. The number of nitrogens with one attached hydrogen (secondary N) is 1. The molecule has 19 heavy (non-hydrogen) atoms. The average molecular weight is 268 g/mol. The van der Waals surface area contributed by atoms with Crippen LogP contribution in [0.2, 0.25) is 0 Å². The number of benzene rings is 1. The summed E-state index contributed by atoms with van der Waals surface area (Å²) in [4.78, 5) is 1.99. The van der Waals surface area contributed by atoms with Gasteiger partial charge in [-0.2, -0.15) is 0 Å². The summed E-state index contributed by atoms with van der Waals surface area (Å²) in [5, 5.41) is 3.26. The van der Waals surface area contributed by atoms with E-state index < -0.39 is 0 Å². The van der Waals surface area contributed by atoms with Crippen molar-refractivity contribution in [3.05, 3.63) is 29.6 Å². The molecule has 1 aromatic rings. The van der Waals surface area contributed by atoms with Crippen LogP contribution in [0.4, 0.5) is 10.1 Å². The summed E-state index contributed by atoms with van der Waals surface area (Å²) in [5.74, 6) is 0.341. The molecule has 1 N–H and O–H groups in total. The predicted octanol–water partition coefficient (Wildman–Crippen LogP) is 2.65. The van der Waals surface area contributed by atoms with Crippen LogP contribution in [0.25, 0.3) is 0 Å². The number of hydrogen-bond acceptors (Lipinski definition) is 3. The normalized spacial score (nSPS) is 11.1. The van der Waals surface area contributed by atoms with Crippen LogP contribution >= 0.6 is 0 Å². The van der Waals surface area contributed by atoms with Crippen molar-refractivity contribution in [2.24, 2.45) is 5.92 Å². The second-order valence-electron chi connectivity index (χ2n) is 5.19. The number of halogens is 1. The standard InChI is InChI=1S/C15H25FN2O/c1-12(2)11-18(3)15-13(6-5-7-14(15)16)10-17-8-9-19-4/h5-7,12,17H,8-11H2,1-4H3. The molecule has 1 rings (SSSR count). The van der Waals surface area contributed by atoms with E-state index in [2.05, 4.69) is 19.2 Å². The van der Waals surface area contributed by atoms with Crippen molar-refractivity contribution in [1.82, 2.24) is 5.32 Å². The van der Waals surface area contributed by atoms with Gasteiger partial charge in [-0.1, -0.05) is 26.0 Å². The van der Waals surface area contributed by atoms with Gasteiger partial charge in [-0.3, -0.25) is 0 Å². The van der Waals surface area contributed by atoms with Crippen molar-refractivity contribution in [2.75, 3.05) is 38.8 Å². The largest absolute Gasteiger partial charge is 0.383 e. The van der Waals surface area contributed by atoms with Gasteiger partial charge in [-0.05, 0) is 17.5 Å². The van der Waals surface area contributed by atoms with Gasteiger partial charge in [0, 0.05) is 33.8 Å². The van der Waals surface area contributed by atoms with Crippen molar-refractivity contribution in [3.8, 4) is 0 Å². The van der Waals surface area contributed by atoms with Crippen molar-refractivity contribution in [2.45, 2.75) is 20.4 Å². The quantitative estimate of drug-likeness (QED) is 0.734. The molecule has 0 amide bonds. The van der Waals surface area contributed by atoms with Crippen molar-refractivity contribution < 1.29 is 9.13 Å². The lowest BCUT2D eigenvalue weighted by molar-refractivity contribution is 0.199. The van der Waals surface area contributed by atoms with Gasteiger partial charge in [0.1, 0.15) is 5.82 Å². The smallest absolute Gasteiger partial charge is 0.146 e. The molecule has 0 spiro atoms. The molecule has 0 atom stereocenters. The van der Waals surface area contributed by atoms with E-state index in [1.54, 1.807) is 13.2 Å². The van der Waals surface area contributed by atoms with Crippen LogP contribution in [-0.2, 0) is 11.3 Å². The lowest BCUT2D eigenvalue weighted by Gasteiger charge is -2.25. The molecule has 0 aliphatic rings. The lowest BCUT2D eigenvalue weighted by atomic mass is 10.1. The number of anilines is 1. The fraction of sp³-hybridized carbons (Fsp3) is 0.600. The molecule has 0 saturated heterocycles. The molecular weight excluding hydrogens is 243 g/mol. The van der Waals surface area contributed by atoms with E-state index >= 15 is 0 Å². The molecule has 0 fully saturated rings. The first kappa shape index (κ1) is 15.9. The van der Waals surface area contributed by atoms with Crippen molar-refractivity contribution in [3.63, 3.8) is 0 Å². The molecular formula is C15H25FN2O. The molecule has 0 bridgehead atoms. The molecule has 3 nitrogen and oxygen atoms in total. The third-order valence-corrected chi connectivity index (χ3v) is 2.89. The molecule has 0 heterocycles. The van der Waals surface area contributed by atoms with Gasteiger partial charge in [0.15, 0.2) is 0 Å². The molecule has 1 aromatic carbocycles. The average Bonchev–Trinajstić information content (AvgIpc) is 2.33. The Morgan fingerprint density at radius 1 is 1.37 bits per heavy atom. The summed E-state index contributed by atoms with van der Waals surface area (Å²) in [6.07, 6.45) is 0. The Morgan fingerprint density at radius 2 is 2.11 bits per heavy atom. The highest BCUT2D eigenvalue weighted by atomic mass is 19.1. The second-order valence-corrected chi connectivity index (χ2v) is 5.19. The second kappa shape index (κ2) is 8.12. The zero-order chi connectivity index (χ0) is 14.3. The molecule has 0 aliphatic carbocycles. The lowest BCUT2D eigenvalue weighted by Crippen LogP contribution is -2.26. The highest BCUT2D eigenvalue weighted by Crippen LogP contribution is 2.24. The molecule has 108 valence electrons. The summed E-state index contributed by atoms with van der Waals surface area (Å²) < 4.78 is 19.0. The van der Waals surface area contributed by atoms with Crippen molar-refractivity contribution in [1.29, 1.82) is 0 Å². The van der Waals surface area contributed by atoms with E-state index in [1.807, 2.05) is 18.0 Å². The van der Waals surface area contributed by atoms with E-state index in [9.17, 15) is 4.39 Å². The van der Waals surface area contributed by atoms with Gasteiger partial charge in [0.25, 0.3) is 0 Å². The van der Waals surface area contributed by atoms with Crippen LogP contribution in [-0.4, -0.2) is 33.9 Å². The maximum absolute atomic E-state index is 14.0. The van der Waals surface area contributed by atoms with Gasteiger partial charge >= 0.3 is 0 Å². The number of rotatable bonds is 8. The molecule has 0 unspecified atom stereocenters. The van der Waals surface area contributed by atoms with E-state index in [0.29, 0.717) is 24.8 Å². The Labute approximate surface area is 115 Å². The highest BCUT2D eigenvalue weighted by Gasteiger charge is 2.13. The van der Waals surface area contributed by atoms with Crippen LogP contribution in [0.15, 0.2) is 18.2 Å². The molecule has 0 aromatic heterocycles. The maximum Gasteiger partial charge on any atom is 0.146 e. The third-order valence-electron chi connectivity index (χ3n) is 2.89. The number of nitrogens with zero attached hydrogens (tertiary/aromatic N) is 1. The van der Waals surface area contributed by atoms with E-state index in [1.165, 1.54) is 6.07 Å². The van der Waals surface area contributed by atoms with Gasteiger partial charge in [-0.15, -0.1) is 0 Å². The summed E-state index contributed by atoms with van der Waals surface area (Å²) in [6, 6.07) is 5.25. The SMILES string of the molecule is COCCNCc1cccc(F)c1N(C)CC(C)C. The Bertz CT molecular complexity index is 382. The predicted molar refractivity (Wildman–Crippen MR) is 78.1 cm³/mol. The number of para-hydroxylation sites is 1. The van der Waals surface area contributed by atoms with Gasteiger partial charge in [-0.25, -0.2) is 4.39 Å². The van der Waals surface area contributed by atoms with E-state index in [-0.39, 0.29) is 5.82 Å². The number of ether oxygens (including phenoxy) is 1. The fourth-order valence-corrected chi connectivity index (χ4v) is 2.17. The Kier molecular flexibility index (Phi) is 6.81. The number of methoxy groups -OCH3 is 1. The molecule has 0 radical (unpaired) electrons.